The number of hydrogen-bond acceptors (Lipinski definition) is 50. The summed E-state index contributed by atoms with van der Waals surface area (Å²) < 4.78 is 114. The van der Waals surface area contributed by atoms with Crippen molar-refractivity contribution in [2.24, 2.45) is 0 Å². The van der Waals surface area contributed by atoms with Crippen molar-refractivity contribution in [2.75, 3.05) is 59.5 Å². The van der Waals surface area contributed by atoms with E-state index in [2.05, 4.69) is 26.6 Å². The van der Waals surface area contributed by atoms with Gasteiger partial charge in [0.2, 0.25) is 29.5 Å². The highest BCUT2D eigenvalue weighted by Crippen LogP contribution is 2.40. The molecule has 50 atom stereocenters. The Morgan fingerprint density at radius 2 is 0.504 bits per heavy atom. The number of rotatable bonds is 32. The molecule has 10 saturated heterocycles. The van der Waals surface area contributed by atoms with Crippen LogP contribution in [0.1, 0.15) is 41.5 Å². The van der Waals surface area contributed by atoms with Crippen molar-refractivity contribution in [1.82, 2.24) is 26.6 Å². The summed E-state index contributed by atoms with van der Waals surface area (Å²) in [5, 5.41) is 304. The average Bonchev–Trinajstić information content (AvgIpc) is 1.04. The van der Waals surface area contributed by atoms with Crippen LogP contribution < -0.4 is 26.6 Å². The predicted octanol–water partition coefficient (Wildman–Crippen LogP) is -21.1. The maximum absolute atomic E-state index is 13.3. The van der Waals surface area contributed by atoms with E-state index in [0.29, 0.717) is 0 Å². The maximum atomic E-state index is 13.3. The lowest BCUT2D eigenvalue weighted by Crippen LogP contribution is -2.71. The number of aliphatic hydroxyl groups excluding tert-OH is 26. The molecule has 0 radical (unpaired) electrons. The Bertz CT molecular complexity index is 3420. The molecule has 0 spiro atoms. The number of amides is 5. The molecule has 31 N–H and O–H groups in total. The minimum atomic E-state index is -2.67. The van der Waals surface area contributed by atoms with Gasteiger partial charge < -0.3 is 249 Å². The van der Waals surface area contributed by atoms with Crippen LogP contribution in [-0.4, -0.2) is 529 Å². The van der Waals surface area contributed by atoms with Gasteiger partial charge in [0.1, 0.15) is 238 Å². The van der Waals surface area contributed by atoms with Crippen molar-refractivity contribution in [1.29, 1.82) is 0 Å². The van der Waals surface area contributed by atoms with E-state index >= 15 is 0 Å². The van der Waals surface area contributed by atoms with Gasteiger partial charge in [0.15, 0.2) is 62.9 Å². The first-order valence-electron chi connectivity index (χ1n) is 40.0. The lowest BCUT2D eigenvalue weighted by atomic mass is 9.93. The first-order valence-corrected chi connectivity index (χ1v) is 40.0. The number of ether oxygens (including phenoxy) is 19. The maximum Gasteiger partial charge on any atom is 0.217 e. The first kappa shape index (κ1) is 103. The summed E-state index contributed by atoms with van der Waals surface area (Å²) in [6.07, 6.45) is -93.7. The molecule has 0 aliphatic carbocycles. The number of aliphatic hydroxyl groups is 26. The van der Waals surface area contributed by atoms with Gasteiger partial charge in [0.25, 0.3) is 0 Å². The van der Waals surface area contributed by atoms with Crippen molar-refractivity contribution in [3.8, 4) is 0 Å². The number of hydrogen-bond donors (Lipinski definition) is 31. The summed E-state index contributed by atoms with van der Waals surface area (Å²) in [6.45, 7) is -3.72. The fourth-order valence-electron chi connectivity index (χ4n) is 16.1. The molecule has 10 fully saturated rings. The minimum absolute atomic E-state index is 0.834. The molecule has 55 heteroatoms. The Labute approximate surface area is 708 Å². The predicted molar refractivity (Wildman–Crippen MR) is 386 cm³/mol. The van der Waals surface area contributed by atoms with Crippen LogP contribution in [-0.2, 0) is 114 Å². The smallest absolute Gasteiger partial charge is 0.217 e. The van der Waals surface area contributed by atoms with Gasteiger partial charge in [-0.25, -0.2) is 0 Å². The van der Waals surface area contributed by atoms with Crippen molar-refractivity contribution in [2.45, 2.75) is 348 Å². The minimum Gasteiger partial charge on any atom is -0.394 e. The summed E-state index contributed by atoms with van der Waals surface area (Å²) in [6, 6.07) is -9.34. The summed E-state index contributed by atoms with van der Waals surface area (Å²) in [5.74, 6) is -4.58. The summed E-state index contributed by atoms with van der Waals surface area (Å²) in [5.41, 5.74) is 0. The molecule has 5 amide bonds. The third-order valence-corrected chi connectivity index (χ3v) is 22.8. The van der Waals surface area contributed by atoms with Crippen LogP contribution >= 0.6 is 0 Å². The van der Waals surface area contributed by atoms with Gasteiger partial charge in [0, 0.05) is 34.6 Å². The molecule has 10 rings (SSSR count). The van der Waals surface area contributed by atoms with Gasteiger partial charge >= 0.3 is 0 Å². The quantitative estimate of drug-likeness (QED) is 0.0297. The summed E-state index contributed by atoms with van der Waals surface area (Å²) in [4.78, 5) is 64.1. The normalized spacial score (nSPS) is 48.7. The van der Waals surface area contributed by atoms with E-state index in [1.807, 2.05) is 0 Å². The zero-order valence-electron chi connectivity index (χ0n) is 67.7. The lowest BCUT2D eigenvalue weighted by molar-refractivity contribution is -0.398. The molecule has 0 aromatic carbocycles. The van der Waals surface area contributed by atoms with Crippen molar-refractivity contribution in [3.05, 3.63) is 0 Å². The Kier molecular flexibility index (Phi) is 36.8. The fourth-order valence-corrected chi connectivity index (χ4v) is 16.1. The number of carbonyl (C=O) groups excluding carboxylic acids is 5. The molecule has 0 bridgehead atoms. The molecule has 0 saturated carbocycles. The second-order valence-electron chi connectivity index (χ2n) is 31.8. The largest absolute Gasteiger partial charge is 0.394 e. The van der Waals surface area contributed by atoms with E-state index in [-0.39, 0.29) is 0 Å². The zero-order valence-corrected chi connectivity index (χ0v) is 67.7. The van der Waals surface area contributed by atoms with Crippen molar-refractivity contribution < 1.29 is 247 Å². The first-order chi connectivity index (χ1) is 59.0. The van der Waals surface area contributed by atoms with Crippen LogP contribution in [0.5, 0.6) is 0 Å². The van der Waals surface area contributed by atoms with E-state index in [1.54, 1.807) is 0 Å². The van der Waals surface area contributed by atoms with Gasteiger partial charge in [-0.3, -0.25) is 24.0 Å². The van der Waals surface area contributed by atoms with Gasteiger partial charge in [-0.15, -0.1) is 0 Å². The van der Waals surface area contributed by atoms with Crippen LogP contribution in [0, 0.1) is 0 Å². The SMILES string of the molecule is CC(=O)N[C@@H]1[C@@H](O)[C@H](O[C@@H]2O[C@H](CO)[C@@H](O[C@@H]3O[C@H](CO[C@H]4O[C@H](CO)[C@@H](O)[C@H](O)[C@@H]4O[C@@H]4O[C@H](CO)[C@@H](O[C@@H]5O[C@H](CO)[C@H](O)[C@H](O)[C@H]5O)[C@H](O)[C@H]4NC(C)=O)[C@@H](O)[C@H](O[C@H]4O[C@H](CO[C@@H]5O[C@H](CO)[C@@H](O)[C@H](O)[C@H]5NC(C)=O)[C@@H](O)[C@H](O)[C@@H]4O[C@@H]4O[C@H](CO)[C@@H](O)[C@H](O)[C@H]4NC(C)=O)[C@@H]3O)[C@H](O)[C@H]2NC(C)=O)[C@@H](CO[C@@H]2O[C@@H](C)[C@@H](O)[C@@H](O)[C@@H]2O)O[C@H]1O. The standard InChI is InChI=1S/C70H117N5O50/c1-16-36(87)48(99)52(103)66(110-16)108-15-30-57(45(96)31(61(106)111-30)71-17(2)82)120-64-34(74-20(5)85)46(97)56(27(12-81)116-64)122-68-54(105)58(123-70-60(125-63-33(73-19(4)84)44(95)38(89)23(8-77)113-63)51(102)41(92)28(119-70)13-107-62-32(72-18(3)83)43(94)37(88)22(7-76)112-62)42(93)29(118-68)14-109-69-59(50(101)40(91)25(10-79)115-69)124-65-35(75-21(6)86)47(98)55(26(11-80)117-65)121-67-53(104)49(100)39(90)24(9-78)114-67/h16,22-70,76-81,87-106H,7-15H2,1-6H3,(H,71,82)(H,72,83)(H,73,84)(H,74,85)(H,75,86)/t16-,22+,23+,24+,25+,26+,27+,28+,29+,30+,31+,32+,33+,34+,35+,36+,37+,38+,39-,40+,41+,42+,43+,44+,45+,46+,47+,48+,49-,50-,51-,52-,53+,54-,55+,56+,57+,58-,59-,60-,61+,62+,63-,64-,65-,66+,67-,68-,69-,70+/m0/s1. The van der Waals surface area contributed by atoms with E-state index in [0.717, 1.165) is 34.6 Å². The highest BCUT2D eigenvalue weighted by Gasteiger charge is 2.61. The number of nitrogens with one attached hydrogen (secondary N) is 5. The fraction of sp³-hybridized carbons (Fsp3) is 0.929. The van der Waals surface area contributed by atoms with E-state index in [4.69, 9.17) is 90.0 Å². The molecule has 10 aliphatic rings. The van der Waals surface area contributed by atoms with E-state index in [1.165, 1.54) is 6.92 Å². The van der Waals surface area contributed by atoms with Gasteiger partial charge in [-0.1, -0.05) is 0 Å². The molecule has 10 aliphatic heterocycles. The Hall–Kier alpha value is -4.45. The van der Waals surface area contributed by atoms with Gasteiger partial charge in [-0.2, -0.15) is 0 Å². The van der Waals surface area contributed by atoms with Gasteiger partial charge in [0.05, 0.1) is 65.6 Å². The molecule has 0 aromatic heterocycles. The van der Waals surface area contributed by atoms with E-state index < -0.39 is 396 Å². The third kappa shape index (κ3) is 23.3. The molecular weight excluding hydrogens is 1710 g/mol. The van der Waals surface area contributed by atoms with Crippen LogP contribution in [0.4, 0.5) is 0 Å². The molecule has 722 valence electrons. The van der Waals surface area contributed by atoms with E-state index in [9.17, 15) is 157 Å². The third-order valence-electron chi connectivity index (χ3n) is 22.8. The average molecular weight is 1830 g/mol. The van der Waals surface area contributed by atoms with Crippen molar-refractivity contribution in [3.63, 3.8) is 0 Å². The van der Waals surface area contributed by atoms with Gasteiger partial charge in [-0.05, 0) is 6.92 Å². The second kappa shape index (κ2) is 44.9. The highest BCUT2D eigenvalue weighted by molar-refractivity contribution is 5.75. The second-order valence-corrected chi connectivity index (χ2v) is 31.8. The summed E-state index contributed by atoms with van der Waals surface area (Å²) in [7, 11) is 0. The molecule has 0 unspecified atom stereocenters. The Balaban J connectivity index is 1.02. The summed E-state index contributed by atoms with van der Waals surface area (Å²) >= 11 is 0. The Morgan fingerprint density at radius 3 is 0.968 bits per heavy atom. The molecule has 0 aromatic rings. The zero-order chi connectivity index (χ0) is 92.1. The highest BCUT2D eigenvalue weighted by atomic mass is 16.8. The van der Waals surface area contributed by atoms with Crippen LogP contribution in [0.15, 0.2) is 0 Å². The lowest BCUT2D eigenvalue weighted by Gasteiger charge is -2.51. The Morgan fingerprint density at radius 1 is 0.224 bits per heavy atom. The molecule has 55 nitrogen and oxygen atoms in total. The van der Waals surface area contributed by atoms with Crippen LogP contribution in [0.3, 0.4) is 0 Å². The number of carbonyl (C=O) groups is 5. The van der Waals surface area contributed by atoms with Crippen molar-refractivity contribution >= 4 is 29.5 Å². The topological polar surface area (TPSA) is 847 Å². The molecular formula is C70H117N5O50. The molecule has 125 heavy (non-hydrogen) atoms. The van der Waals surface area contributed by atoms with Crippen LogP contribution in [0.25, 0.3) is 0 Å². The monoisotopic (exact) mass is 1830 g/mol. The molecule has 10 heterocycles. The van der Waals surface area contributed by atoms with Crippen LogP contribution in [0.2, 0.25) is 0 Å².